The molecule has 1 nitrogen and oxygen atoms in total. The molecule has 1 heterocycles. The summed E-state index contributed by atoms with van der Waals surface area (Å²) in [6.45, 7) is 5.63. The van der Waals surface area contributed by atoms with Gasteiger partial charge in [-0.05, 0) is 61.3 Å². The number of benzene rings is 1. The highest BCUT2D eigenvalue weighted by Gasteiger charge is 2.25. The van der Waals surface area contributed by atoms with Gasteiger partial charge in [-0.15, -0.1) is 0 Å². The van der Waals surface area contributed by atoms with Gasteiger partial charge in [0.25, 0.3) is 0 Å². The van der Waals surface area contributed by atoms with Crippen LogP contribution < -0.4 is 5.32 Å². The number of thioether (sulfide) groups is 1. The standard InChI is InChI=1S/C16H25NS/c1-3-9-17-16(15-8-10-18-12-15)11-14-7-5-4-6-13(14)2/h4-7,15-17H,3,8-12H2,1-2H3. The van der Waals surface area contributed by atoms with Gasteiger partial charge in [0.2, 0.25) is 0 Å². The van der Waals surface area contributed by atoms with E-state index >= 15 is 0 Å². The lowest BCUT2D eigenvalue weighted by Gasteiger charge is -2.25. The Balaban J connectivity index is 2.02. The van der Waals surface area contributed by atoms with Gasteiger partial charge in [-0.2, -0.15) is 11.8 Å². The summed E-state index contributed by atoms with van der Waals surface area (Å²) in [6.07, 6.45) is 3.81. The van der Waals surface area contributed by atoms with Crippen LogP contribution in [-0.2, 0) is 6.42 Å². The average molecular weight is 263 g/mol. The number of aryl methyl sites for hydroxylation is 1. The van der Waals surface area contributed by atoms with Crippen molar-refractivity contribution in [3.05, 3.63) is 35.4 Å². The minimum atomic E-state index is 0.668. The third-order valence-electron chi connectivity index (χ3n) is 3.89. The van der Waals surface area contributed by atoms with Gasteiger partial charge in [0.15, 0.2) is 0 Å². The molecular weight excluding hydrogens is 238 g/mol. The van der Waals surface area contributed by atoms with Gasteiger partial charge in [0, 0.05) is 6.04 Å². The van der Waals surface area contributed by atoms with E-state index in [1.165, 1.54) is 41.9 Å². The van der Waals surface area contributed by atoms with Crippen LogP contribution in [0.25, 0.3) is 0 Å². The van der Waals surface area contributed by atoms with Gasteiger partial charge < -0.3 is 5.32 Å². The van der Waals surface area contributed by atoms with Crippen LogP contribution in [0.15, 0.2) is 24.3 Å². The SMILES string of the molecule is CCCNC(Cc1ccccc1C)C1CCSC1. The number of nitrogens with one attached hydrogen (secondary N) is 1. The van der Waals surface area contributed by atoms with E-state index in [4.69, 9.17) is 0 Å². The Morgan fingerprint density at radius 3 is 2.89 bits per heavy atom. The van der Waals surface area contributed by atoms with Crippen molar-refractivity contribution in [2.45, 2.75) is 39.2 Å². The van der Waals surface area contributed by atoms with Crippen LogP contribution in [0.3, 0.4) is 0 Å². The molecule has 1 fully saturated rings. The first-order valence-corrected chi connectivity index (χ1v) is 8.32. The topological polar surface area (TPSA) is 12.0 Å². The van der Waals surface area contributed by atoms with Crippen LogP contribution in [0.5, 0.6) is 0 Å². The Labute approximate surface area is 116 Å². The summed E-state index contributed by atoms with van der Waals surface area (Å²) in [7, 11) is 0. The first-order valence-electron chi connectivity index (χ1n) is 7.17. The van der Waals surface area contributed by atoms with Crippen LogP contribution in [-0.4, -0.2) is 24.1 Å². The van der Waals surface area contributed by atoms with E-state index in [1.54, 1.807) is 0 Å². The molecule has 100 valence electrons. The third kappa shape index (κ3) is 3.76. The lowest BCUT2D eigenvalue weighted by Crippen LogP contribution is -2.38. The third-order valence-corrected chi connectivity index (χ3v) is 5.08. The molecular formula is C16H25NS. The minimum absolute atomic E-state index is 0.668. The normalized spacial score (nSPS) is 21.1. The van der Waals surface area contributed by atoms with E-state index in [-0.39, 0.29) is 0 Å². The summed E-state index contributed by atoms with van der Waals surface area (Å²) < 4.78 is 0. The Morgan fingerprint density at radius 2 is 2.22 bits per heavy atom. The van der Waals surface area contributed by atoms with Crippen LogP contribution in [0, 0.1) is 12.8 Å². The summed E-state index contributed by atoms with van der Waals surface area (Å²) in [5, 5.41) is 3.77. The molecule has 2 unspecified atom stereocenters. The van der Waals surface area contributed by atoms with Crippen molar-refractivity contribution in [3.63, 3.8) is 0 Å². The molecule has 0 spiro atoms. The molecule has 1 saturated heterocycles. The van der Waals surface area contributed by atoms with Gasteiger partial charge in [-0.3, -0.25) is 0 Å². The largest absolute Gasteiger partial charge is 0.313 e. The van der Waals surface area contributed by atoms with E-state index in [1.807, 2.05) is 0 Å². The molecule has 1 aromatic carbocycles. The first-order chi connectivity index (χ1) is 8.81. The highest BCUT2D eigenvalue weighted by Crippen LogP contribution is 2.28. The highest BCUT2D eigenvalue weighted by atomic mass is 32.2. The van der Waals surface area contributed by atoms with Crippen molar-refractivity contribution in [1.82, 2.24) is 5.32 Å². The van der Waals surface area contributed by atoms with Gasteiger partial charge in [0.1, 0.15) is 0 Å². The van der Waals surface area contributed by atoms with Crippen LogP contribution in [0.4, 0.5) is 0 Å². The van der Waals surface area contributed by atoms with E-state index in [0.717, 1.165) is 12.5 Å². The second kappa shape index (κ2) is 7.20. The van der Waals surface area contributed by atoms with Crippen molar-refractivity contribution in [2.75, 3.05) is 18.1 Å². The minimum Gasteiger partial charge on any atom is -0.313 e. The molecule has 2 heteroatoms. The number of hydrogen-bond donors (Lipinski definition) is 1. The second-order valence-electron chi connectivity index (χ2n) is 5.31. The molecule has 1 aliphatic rings. The first kappa shape index (κ1) is 14.0. The van der Waals surface area contributed by atoms with E-state index in [0.29, 0.717) is 6.04 Å². The Hall–Kier alpha value is -0.470. The lowest BCUT2D eigenvalue weighted by molar-refractivity contribution is 0.380. The average Bonchev–Trinajstić information content (AvgIpc) is 2.90. The van der Waals surface area contributed by atoms with Crippen molar-refractivity contribution in [2.24, 2.45) is 5.92 Å². The van der Waals surface area contributed by atoms with Gasteiger partial charge >= 0.3 is 0 Å². The predicted octanol–water partition coefficient (Wildman–Crippen LogP) is 3.66. The Bertz CT molecular complexity index is 358. The summed E-state index contributed by atoms with van der Waals surface area (Å²) >= 11 is 2.12. The maximum Gasteiger partial charge on any atom is 0.0144 e. The zero-order valence-electron chi connectivity index (χ0n) is 11.6. The molecule has 1 aliphatic heterocycles. The molecule has 0 aliphatic carbocycles. The summed E-state index contributed by atoms with van der Waals surface area (Å²) in [6, 6.07) is 9.50. The van der Waals surface area contributed by atoms with Crippen molar-refractivity contribution in [3.8, 4) is 0 Å². The van der Waals surface area contributed by atoms with Crippen molar-refractivity contribution < 1.29 is 0 Å². The maximum absolute atomic E-state index is 3.77. The fourth-order valence-corrected chi connectivity index (χ4v) is 4.02. The molecule has 0 bridgehead atoms. The molecule has 0 saturated carbocycles. The summed E-state index contributed by atoms with van der Waals surface area (Å²) in [5.74, 6) is 3.55. The van der Waals surface area contributed by atoms with Crippen LogP contribution in [0.1, 0.15) is 30.9 Å². The smallest absolute Gasteiger partial charge is 0.0144 e. The lowest BCUT2D eigenvalue weighted by atomic mass is 9.91. The molecule has 2 rings (SSSR count). The molecule has 1 N–H and O–H groups in total. The Morgan fingerprint density at radius 1 is 1.39 bits per heavy atom. The van der Waals surface area contributed by atoms with Gasteiger partial charge in [-0.25, -0.2) is 0 Å². The summed E-state index contributed by atoms with van der Waals surface area (Å²) in [4.78, 5) is 0. The molecule has 18 heavy (non-hydrogen) atoms. The maximum atomic E-state index is 3.77. The van der Waals surface area contributed by atoms with E-state index < -0.39 is 0 Å². The molecule has 2 atom stereocenters. The molecule has 0 aromatic heterocycles. The predicted molar refractivity (Wildman–Crippen MR) is 82.4 cm³/mol. The zero-order valence-corrected chi connectivity index (χ0v) is 12.4. The van der Waals surface area contributed by atoms with Crippen LogP contribution in [0.2, 0.25) is 0 Å². The fourth-order valence-electron chi connectivity index (χ4n) is 2.68. The second-order valence-corrected chi connectivity index (χ2v) is 6.46. The highest BCUT2D eigenvalue weighted by molar-refractivity contribution is 7.99. The fraction of sp³-hybridized carbons (Fsp3) is 0.625. The molecule has 0 amide bonds. The van der Waals surface area contributed by atoms with Gasteiger partial charge in [0.05, 0.1) is 0 Å². The number of hydrogen-bond acceptors (Lipinski definition) is 2. The zero-order chi connectivity index (χ0) is 12.8. The monoisotopic (exact) mass is 263 g/mol. The molecule has 0 radical (unpaired) electrons. The molecule has 1 aromatic rings. The van der Waals surface area contributed by atoms with Gasteiger partial charge in [-0.1, -0.05) is 31.2 Å². The van der Waals surface area contributed by atoms with E-state index in [2.05, 4.69) is 55.2 Å². The quantitative estimate of drug-likeness (QED) is 0.840. The van der Waals surface area contributed by atoms with E-state index in [9.17, 15) is 0 Å². The Kier molecular flexibility index (Phi) is 5.58. The summed E-state index contributed by atoms with van der Waals surface area (Å²) in [5.41, 5.74) is 2.95. The van der Waals surface area contributed by atoms with Crippen LogP contribution >= 0.6 is 11.8 Å². The van der Waals surface area contributed by atoms with Crippen molar-refractivity contribution in [1.29, 1.82) is 0 Å². The number of rotatable bonds is 6. The van der Waals surface area contributed by atoms with Crippen molar-refractivity contribution >= 4 is 11.8 Å².